The lowest BCUT2D eigenvalue weighted by molar-refractivity contribution is 0.270. The third-order valence-electron chi connectivity index (χ3n) is 2.34. The summed E-state index contributed by atoms with van der Waals surface area (Å²) in [6.07, 6.45) is 5.10. The topological polar surface area (TPSA) is 22.1 Å². The van der Waals surface area contributed by atoms with Crippen molar-refractivity contribution in [2.45, 2.75) is 39.0 Å². The van der Waals surface area contributed by atoms with Crippen molar-refractivity contribution in [3.63, 3.8) is 0 Å². The molecular weight excluding hydrogens is 231 g/mol. The fourth-order valence-corrected chi connectivity index (χ4v) is 1.40. The first-order valence-electron chi connectivity index (χ1n) is 5.79. The van der Waals surface area contributed by atoms with Crippen molar-refractivity contribution in [3.05, 3.63) is 23.6 Å². The van der Waals surface area contributed by atoms with Crippen LogP contribution in [0.1, 0.15) is 39.0 Å². The van der Waals surface area contributed by atoms with Crippen LogP contribution in [-0.2, 0) is 0 Å². The fourth-order valence-electron chi connectivity index (χ4n) is 1.40. The predicted molar refractivity (Wildman–Crippen MR) is 58.4 cm³/mol. The molecule has 0 radical (unpaired) electrons. The molecule has 17 heavy (non-hydrogen) atoms. The molecule has 96 valence electrons. The van der Waals surface area contributed by atoms with Gasteiger partial charge in [0, 0.05) is 6.07 Å². The van der Waals surface area contributed by atoms with Crippen LogP contribution >= 0.6 is 0 Å². The van der Waals surface area contributed by atoms with Crippen LogP contribution in [-0.4, -0.2) is 11.6 Å². The van der Waals surface area contributed by atoms with Crippen LogP contribution in [0.15, 0.2) is 6.07 Å². The van der Waals surface area contributed by atoms with Gasteiger partial charge in [0.05, 0.1) is 6.61 Å². The van der Waals surface area contributed by atoms with E-state index in [9.17, 15) is 13.2 Å². The highest BCUT2D eigenvalue weighted by atomic mass is 19.2. The van der Waals surface area contributed by atoms with Gasteiger partial charge in [-0.2, -0.15) is 9.37 Å². The van der Waals surface area contributed by atoms with Crippen LogP contribution in [0.2, 0.25) is 0 Å². The molecule has 0 aromatic carbocycles. The number of unbranched alkanes of at least 4 members (excludes halogenated alkanes) is 4. The molecule has 0 atom stereocenters. The van der Waals surface area contributed by atoms with Crippen LogP contribution in [0, 0.1) is 17.6 Å². The van der Waals surface area contributed by atoms with Crippen molar-refractivity contribution in [3.8, 4) is 5.88 Å². The first-order valence-corrected chi connectivity index (χ1v) is 5.79. The summed E-state index contributed by atoms with van der Waals surface area (Å²) in [6.45, 7) is 2.37. The Balaban J connectivity index is 2.34. The highest BCUT2D eigenvalue weighted by molar-refractivity contribution is 5.14. The van der Waals surface area contributed by atoms with Gasteiger partial charge in [0.25, 0.3) is 11.8 Å². The minimum Gasteiger partial charge on any atom is -0.476 e. The molecular formula is C12H16F3NO. The van der Waals surface area contributed by atoms with Crippen LogP contribution in [0.4, 0.5) is 13.2 Å². The molecule has 0 spiro atoms. The molecule has 0 bridgehead atoms. The van der Waals surface area contributed by atoms with Gasteiger partial charge in [-0.15, -0.1) is 0 Å². The Bertz CT molecular complexity index is 358. The van der Waals surface area contributed by atoms with Crippen molar-refractivity contribution in [1.29, 1.82) is 0 Å². The average Bonchev–Trinajstić information content (AvgIpc) is 2.30. The number of rotatable bonds is 7. The van der Waals surface area contributed by atoms with Crippen molar-refractivity contribution in [2.75, 3.05) is 6.61 Å². The molecule has 0 saturated heterocycles. The first kappa shape index (κ1) is 13.8. The van der Waals surface area contributed by atoms with Gasteiger partial charge in [0.2, 0.25) is 0 Å². The SMILES string of the molecule is CCCCCCCOc1nc(F)c(F)cc1F. The Morgan fingerprint density at radius 1 is 1.06 bits per heavy atom. The summed E-state index contributed by atoms with van der Waals surface area (Å²) in [5.74, 6) is -4.10. The van der Waals surface area contributed by atoms with E-state index in [0.717, 1.165) is 32.1 Å². The molecule has 0 saturated carbocycles. The second kappa shape index (κ2) is 7.14. The number of hydrogen-bond acceptors (Lipinski definition) is 2. The Morgan fingerprint density at radius 2 is 1.76 bits per heavy atom. The third-order valence-corrected chi connectivity index (χ3v) is 2.34. The maximum atomic E-state index is 13.1. The minimum atomic E-state index is -1.34. The van der Waals surface area contributed by atoms with E-state index in [1.165, 1.54) is 0 Å². The second-order valence-corrected chi connectivity index (χ2v) is 3.81. The van der Waals surface area contributed by atoms with Crippen LogP contribution in [0.3, 0.4) is 0 Å². The van der Waals surface area contributed by atoms with Gasteiger partial charge in [-0.1, -0.05) is 32.6 Å². The molecule has 0 N–H and O–H groups in total. The van der Waals surface area contributed by atoms with Crippen molar-refractivity contribution < 1.29 is 17.9 Å². The van der Waals surface area contributed by atoms with Crippen LogP contribution < -0.4 is 4.74 Å². The van der Waals surface area contributed by atoms with E-state index in [2.05, 4.69) is 11.9 Å². The number of hydrogen-bond donors (Lipinski definition) is 0. The van der Waals surface area contributed by atoms with Gasteiger partial charge in [0.15, 0.2) is 11.6 Å². The molecule has 0 unspecified atom stereocenters. The van der Waals surface area contributed by atoms with Crippen molar-refractivity contribution in [2.24, 2.45) is 0 Å². The van der Waals surface area contributed by atoms with Crippen molar-refractivity contribution >= 4 is 0 Å². The van der Waals surface area contributed by atoms with E-state index >= 15 is 0 Å². The second-order valence-electron chi connectivity index (χ2n) is 3.81. The molecule has 0 fully saturated rings. The fraction of sp³-hybridized carbons (Fsp3) is 0.583. The molecule has 2 nitrogen and oxygen atoms in total. The Hall–Kier alpha value is -1.26. The molecule has 1 rings (SSSR count). The van der Waals surface area contributed by atoms with Gasteiger partial charge < -0.3 is 4.74 Å². The highest BCUT2D eigenvalue weighted by Gasteiger charge is 2.12. The lowest BCUT2D eigenvalue weighted by atomic mass is 10.2. The quantitative estimate of drug-likeness (QED) is 0.539. The van der Waals surface area contributed by atoms with Gasteiger partial charge in [-0.05, 0) is 6.42 Å². The minimum absolute atomic E-state index is 0.263. The normalized spacial score (nSPS) is 10.6. The van der Waals surface area contributed by atoms with E-state index < -0.39 is 23.5 Å². The summed E-state index contributed by atoms with van der Waals surface area (Å²) in [5, 5.41) is 0. The molecule has 0 aliphatic rings. The summed E-state index contributed by atoms with van der Waals surface area (Å²) in [6, 6.07) is 0.439. The standard InChI is InChI=1S/C12H16F3NO/c1-2-3-4-5-6-7-17-12-10(14)8-9(13)11(15)16-12/h8H,2-7H2,1H3. The van der Waals surface area contributed by atoms with E-state index in [4.69, 9.17) is 4.74 Å². The third kappa shape index (κ3) is 4.63. The number of halogens is 3. The first-order chi connectivity index (χ1) is 8.15. The predicted octanol–water partition coefficient (Wildman–Crippen LogP) is 3.85. The monoisotopic (exact) mass is 247 g/mol. The molecule has 0 amide bonds. The van der Waals surface area contributed by atoms with Crippen LogP contribution in [0.5, 0.6) is 5.88 Å². The van der Waals surface area contributed by atoms with Crippen molar-refractivity contribution in [1.82, 2.24) is 4.98 Å². The number of nitrogens with zero attached hydrogens (tertiary/aromatic N) is 1. The summed E-state index contributed by atoms with van der Waals surface area (Å²) >= 11 is 0. The van der Waals surface area contributed by atoms with Gasteiger partial charge in [-0.3, -0.25) is 0 Å². The lowest BCUT2D eigenvalue weighted by Gasteiger charge is -2.06. The lowest BCUT2D eigenvalue weighted by Crippen LogP contribution is -2.04. The van der Waals surface area contributed by atoms with Gasteiger partial charge in [-0.25, -0.2) is 8.78 Å². The zero-order valence-corrected chi connectivity index (χ0v) is 9.81. The Morgan fingerprint density at radius 3 is 2.47 bits per heavy atom. The van der Waals surface area contributed by atoms with E-state index in [0.29, 0.717) is 6.07 Å². The Kier molecular flexibility index (Phi) is 5.80. The Labute approximate surface area is 98.8 Å². The highest BCUT2D eigenvalue weighted by Crippen LogP contribution is 2.16. The largest absolute Gasteiger partial charge is 0.476 e. The smallest absolute Gasteiger partial charge is 0.253 e. The molecule has 5 heteroatoms. The zero-order chi connectivity index (χ0) is 12.7. The maximum Gasteiger partial charge on any atom is 0.253 e. The summed E-state index contributed by atoms with van der Waals surface area (Å²) in [5.41, 5.74) is 0. The molecule has 1 aromatic rings. The molecule has 1 aromatic heterocycles. The summed E-state index contributed by atoms with van der Waals surface area (Å²) < 4.78 is 43.3. The van der Waals surface area contributed by atoms with E-state index in [-0.39, 0.29) is 6.61 Å². The maximum absolute atomic E-state index is 13.1. The number of aromatic nitrogens is 1. The average molecular weight is 247 g/mol. The van der Waals surface area contributed by atoms with E-state index in [1.54, 1.807) is 0 Å². The van der Waals surface area contributed by atoms with Gasteiger partial charge in [0.1, 0.15) is 0 Å². The van der Waals surface area contributed by atoms with Gasteiger partial charge >= 0.3 is 0 Å². The summed E-state index contributed by atoms with van der Waals surface area (Å²) in [4.78, 5) is 3.07. The molecule has 0 aliphatic heterocycles. The molecule has 1 heterocycles. The van der Waals surface area contributed by atoms with E-state index in [1.807, 2.05) is 0 Å². The number of ether oxygens (including phenoxy) is 1. The number of pyridine rings is 1. The summed E-state index contributed by atoms with van der Waals surface area (Å²) in [7, 11) is 0. The molecule has 0 aliphatic carbocycles. The zero-order valence-electron chi connectivity index (χ0n) is 9.81. The van der Waals surface area contributed by atoms with Crippen LogP contribution in [0.25, 0.3) is 0 Å².